The first kappa shape index (κ1) is 13.8. The summed E-state index contributed by atoms with van der Waals surface area (Å²) in [4.78, 5) is 0. The fraction of sp³-hybridized carbons (Fsp3) is 0.200. The van der Waals surface area contributed by atoms with E-state index >= 15 is 0 Å². The summed E-state index contributed by atoms with van der Waals surface area (Å²) in [5.41, 5.74) is 1.08. The van der Waals surface area contributed by atoms with Crippen LogP contribution < -0.4 is 5.32 Å². The molecular weight excluding hydrogens is 268 g/mol. The first-order chi connectivity index (χ1) is 9.00. The van der Waals surface area contributed by atoms with Crippen molar-refractivity contribution in [1.82, 2.24) is 0 Å². The molecule has 1 nitrogen and oxygen atoms in total. The van der Waals surface area contributed by atoms with Crippen molar-refractivity contribution in [2.45, 2.75) is 19.9 Å². The van der Waals surface area contributed by atoms with Gasteiger partial charge < -0.3 is 5.32 Å². The standard InChI is InChI=1S/C15H14ClF2N/c1-9-7-8-13(17)15(14(9)18)19-10(2)11-5-3-4-6-12(11)16/h3-8,10,19H,1-2H3. The first-order valence-corrected chi connectivity index (χ1v) is 6.34. The Hall–Kier alpha value is -1.61. The zero-order valence-electron chi connectivity index (χ0n) is 10.7. The Balaban J connectivity index is 2.32. The van der Waals surface area contributed by atoms with Gasteiger partial charge in [0.05, 0.1) is 6.04 Å². The molecule has 0 aliphatic heterocycles. The molecule has 0 heterocycles. The van der Waals surface area contributed by atoms with Gasteiger partial charge in [0.15, 0.2) is 5.82 Å². The summed E-state index contributed by atoms with van der Waals surface area (Å²) in [7, 11) is 0. The summed E-state index contributed by atoms with van der Waals surface area (Å²) in [6.07, 6.45) is 0. The molecule has 0 aliphatic carbocycles. The summed E-state index contributed by atoms with van der Waals surface area (Å²) < 4.78 is 27.6. The molecule has 1 unspecified atom stereocenters. The third kappa shape index (κ3) is 2.87. The second-order valence-corrected chi connectivity index (χ2v) is 4.85. The Morgan fingerprint density at radius 3 is 2.47 bits per heavy atom. The van der Waals surface area contributed by atoms with E-state index in [0.717, 1.165) is 5.56 Å². The number of rotatable bonds is 3. The Labute approximate surface area is 116 Å². The molecule has 0 aromatic heterocycles. The van der Waals surface area contributed by atoms with E-state index in [0.29, 0.717) is 10.6 Å². The number of hydrogen-bond acceptors (Lipinski definition) is 1. The van der Waals surface area contributed by atoms with Crippen LogP contribution in [0.3, 0.4) is 0 Å². The average molecular weight is 282 g/mol. The normalized spacial score (nSPS) is 12.3. The zero-order chi connectivity index (χ0) is 14.0. The number of halogens is 3. The van der Waals surface area contributed by atoms with Crippen LogP contribution in [-0.4, -0.2) is 0 Å². The maximum Gasteiger partial charge on any atom is 0.152 e. The highest BCUT2D eigenvalue weighted by atomic mass is 35.5. The molecule has 100 valence electrons. The smallest absolute Gasteiger partial charge is 0.152 e. The van der Waals surface area contributed by atoms with E-state index in [4.69, 9.17) is 11.6 Å². The van der Waals surface area contributed by atoms with Crippen LogP contribution in [0.25, 0.3) is 0 Å². The Morgan fingerprint density at radius 2 is 1.79 bits per heavy atom. The van der Waals surface area contributed by atoms with Gasteiger partial charge in [-0.2, -0.15) is 0 Å². The lowest BCUT2D eigenvalue weighted by molar-refractivity contribution is 0.579. The second-order valence-electron chi connectivity index (χ2n) is 4.44. The van der Waals surface area contributed by atoms with Gasteiger partial charge in [-0.1, -0.05) is 35.9 Å². The lowest BCUT2D eigenvalue weighted by Gasteiger charge is -2.18. The molecular formula is C15H14ClF2N. The van der Waals surface area contributed by atoms with Gasteiger partial charge in [-0.05, 0) is 37.1 Å². The second kappa shape index (κ2) is 5.57. The maximum atomic E-state index is 13.9. The maximum absolute atomic E-state index is 13.9. The molecule has 19 heavy (non-hydrogen) atoms. The number of hydrogen-bond donors (Lipinski definition) is 1. The predicted molar refractivity (Wildman–Crippen MR) is 74.6 cm³/mol. The molecule has 2 aromatic carbocycles. The first-order valence-electron chi connectivity index (χ1n) is 5.96. The van der Waals surface area contributed by atoms with Crippen LogP contribution in [0.2, 0.25) is 5.02 Å². The van der Waals surface area contributed by atoms with Gasteiger partial charge in [-0.3, -0.25) is 0 Å². The topological polar surface area (TPSA) is 12.0 Å². The summed E-state index contributed by atoms with van der Waals surface area (Å²) in [5.74, 6) is -1.18. The average Bonchev–Trinajstić information content (AvgIpc) is 2.39. The van der Waals surface area contributed by atoms with Crippen LogP contribution in [0.4, 0.5) is 14.5 Å². The summed E-state index contributed by atoms with van der Waals surface area (Å²) in [6, 6.07) is 9.59. The molecule has 0 spiro atoms. The van der Waals surface area contributed by atoms with Crippen LogP contribution >= 0.6 is 11.6 Å². The highest BCUT2D eigenvalue weighted by molar-refractivity contribution is 6.31. The van der Waals surface area contributed by atoms with Crippen LogP contribution in [-0.2, 0) is 0 Å². The van der Waals surface area contributed by atoms with Gasteiger partial charge in [-0.25, -0.2) is 8.78 Å². The molecule has 1 N–H and O–H groups in total. The minimum Gasteiger partial charge on any atom is -0.374 e. The molecule has 1 atom stereocenters. The number of aryl methyl sites for hydroxylation is 1. The van der Waals surface area contributed by atoms with Crippen molar-refractivity contribution in [3.05, 3.63) is 64.2 Å². The Kier molecular flexibility index (Phi) is 4.05. The predicted octanol–water partition coefficient (Wildman–Crippen LogP) is 5.10. The Bertz CT molecular complexity index is 599. The van der Waals surface area contributed by atoms with Crippen molar-refractivity contribution in [2.24, 2.45) is 0 Å². The molecule has 0 aliphatic rings. The lowest BCUT2D eigenvalue weighted by atomic mass is 10.1. The quantitative estimate of drug-likeness (QED) is 0.825. The molecule has 0 saturated carbocycles. The SMILES string of the molecule is Cc1ccc(F)c(NC(C)c2ccccc2Cl)c1F. The molecule has 0 radical (unpaired) electrons. The van der Waals surface area contributed by atoms with Crippen LogP contribution in [0, 0.1) is 18.6 Å². The highest BCUT2D eigenvalue weighted by Crippen LogP contribution is 2.29. The van der Waals surface area contributed by atoms with Gasteiger partial charge in [0.2, 0.25) is 0 Å². The van der Waals surface area contributed by atoms with Gasteiger partial charge in [0, 0.05) is 5.02 Å². The van der Waals surface area contributed by atoms with Crippen LogP contribution in [0.15, 0.2) is 36.4 Å². The van der Waals surface area contributed by atoms with E-state index in [1.54, 1.807) is 13.0 Å². The van der Waals surface area contributed by atoms with Crippen molar-refractivity contribution < 1.29 is 8.78 Å². The minimum absolute atomic E-state index is 0.118. The number of benzene rings is 2. The fourth-order valence-electron chi connectivity index (χ4n) is 1.91. The van der Waals surface area contributed by atoms with Gasteiger partial charge in [-0.15, -0.1) is 0 Å². The third-order valence-electron chi connectivity index (χ3n) is 3.02. The molecule has 0 amide bonds. The zero-order valence-corrected chi connectivity index (χ0v) is 11.4. The van der Waals surface area contributed by atoms with Crippen molar-refractivity contribution in [3.8, 4) is 0 Å². The number of nitrogens with one attached hydrogen (secondary N) is 1. The molecule has 0 saturated heterocycles. The van der Waals surface area contributed by atoms with Gasteiger partial charge >= 0.3 is 0 Å². The van der Waals surface area contributed by atoms with E-state index < -0.39 is 11.6 Å². The molecule has 0 fully saturated rings. The fourth-order valence-corrected chi connectivity index (χ4v) is 2.21. The van der Waals surface area contributed by atoms with E-state index in [1.165, 1.54) is 12.1 Å². The van der Waals surface area contributed by atoms with Crippen molar-refractivity contribution >= 4 is 17.3 Å². The lowest BCUT2D eigenvalue weighted by Crippen LogP contribution is -2.10. The minimum atomic E-state index is -0.609. The van der Waals surface area contributed by atoms with Crippen molar-refractivity contribution in [1.29, 1.82) is 0 Å². The highest BCUT2D eigenvalue weighted by Gasteiger charge is 2.15. The van der Waals surface area contributed by atoms with E-state index in [-0.39, 0.29) is 11.7 Å². The summed E-state index contributed by atoms with van der Waals surface area (Å²) >= 11 is 6.07. The van der Waals surface area contributed by atoms with E-state index in [1.807, 2.05) is 25.1 Å². The Morgan fingerprint density at radius 1 is 1.11 bits per heavy atom. The number of anilines is 1. The molecule has 2 rings (SSSR count). The van der Waals surface area contributed by atoms with Gasteiger partial charge in [0.1, 0.15) is 11.5 Å². The third-order valence-corrected chi connectivity index (χ3v) is 3.36. The van der Waals surface area contributed by atoms with Crippen molar-refractivity contribution in [3.63, 3.8) is 0 Å². The largest absolute Gasteiger partial charge is 0.374 e. The molecule has 0 bridgehead atoms. The van der Waals surface area contributed by atoms with E-state index in [9.17, 15) is 8.78 Å². The molecule has 4 heteroatoms. The van der Waals surface area contributed by atoms with Crippen molar-refractivity contribution in [2.75, 3.05) is 5.32 Å². The van der Waals surface area contributed by atoms with E-state index in [2.05, 4.69) is 5.32 Å². The van der Waals surface area contributed by atoms with Crippen LogP contribution in [0.5, 0.6) is 0 Å². The summed E-state index contributed by atoms with van der Waals surface area (Å²) in [5, 5.41) is 3.41. The van der Waals surface area contributed by atoms with Crippen LogP contribution in [0.1, 0.15) is 24.1 Å². The van der Waals surface area contributed by atoms with Gasteiger partial charge in [0.25, 0.3) is 0 Å². The monoisotopic (exact) mass is 281 g/mol. The molecule has 2 aromatic rings. The summed E-state index contributed by atoms with van der Waals surface area (Å²) in [6.45, 7) is 3.41.